The van der Waals surface area contributed by atoms with Gasteiger partial charge in [0.2, 0.25) is 0 Å². The fourth-order valence-electron chi connectivity index (χ4n) is 2.80. The van der Waals surface area contributed by atoms with Crippen molar-refractivity contribution in [2.45, 2.75) is 38.1 Å². The van der Waals surface area contributed by atoms with Crippen molar-refractivity contribution >= 4 is 33.1 Å². The Kier molecular flexibility index (Phi) is 5.89. The minimum Gasteiger partial charge on any atom is -0.241 e. The second-order valence-corrected chi connectivity index (χ2v) is 8.67. The number of nitrogens with one attached hydrogen (secondary N) is 2. The number of aromatic nitrogens is 1. The Morgan fingerprint density at radius 3 is 2.75 bits per heavy atom. The fourth-order valence-corrected chi connectivity index (χ4v) is 5.10. The Morgan fingerprint density at radius 2 is 2.00 bits per heavy atom. The first-order chi connectivity index (χ1) is 11.5. The van der Waals surface area contributed by atoms with Crippen LogP contribution < -0.4 is 9.44 Å². The summed E-state index contributed by atoms with van der Waals surface area (Å²) in [6.07, 6.45) is 4.59. The molecule has 1 saturated carbocycles. The molecule has 0 saturated heterocycles. The highest BCUT2D eigenvalue weighted by molar-refractivity contribution is 7.87. The Labute approximate surface area is 151 Å². The first-order valence-corrected chi connectivity index (χ1v) is 10.7. The third kappa shape index (κ3) is 4.77. The van der Waals surface area contributed by atoms with E-state index in [0.717, 1.165) is 41.9 Å². The van der Waals surface area contributed by atoms with E-state index in [1.165, 1.54) is 11.3 Å². The van der Waals surface area contributed by atoms with E-state index in [2.05, 4.69) is 14.4 Å². The van der Waals surface area contributed by atoms with Crippen LogP contribution in [0, 0.1) is 0 Å². The number of hydrogen-bond donors (Lipinski definition) is 2. The topological polar surface area (TPSA) is 71.1 Å². The van der Waals surface area contributed by atoms with Gasteiger partial charge in [-0.25, -0.2) is 9.71 Å². The molecule has 0 bridgehead atoms. The first kappa shape index (κ1) is 17.8. The number of hydrogen-bond acceptors (Lipinski definition) is 4. The van der Waals surface area contributed by atoms with Crippen LogP contribution in [-0.2, 0) is 16.6 Å². The zero-order valence-electron chi connectivity index (χ0n) is 13.2. The van der Waals surface area contributed by atoms with E-state index in [4.69, 9.17) is 11.6 Å². The number of benzene rings is 1. The Balaban J connectivity index is 1.53. The zero-order valence-corrected chi connectivity index (χ0v) is 15.6. The van der Waals surface area contributed by atoms with Crippen LogP contribution in [-0.4, -0.2) is 26.0 Å². The Hall–Kier alpha value is -0.990. The lowest BCUT2D eigenvalue weighted by Crippen LogP contribution is -2.42. The van der Waals surface area contributed by atoms with E-state index in [0.29, 0.717) is 18.0 Å². The van der Waals surface area contributed by atoms with Crippen molar-refractivity contribution in [3.05, 3.63) is 40.4 Å². The van der Waals surface area contributed by atoms with Crippen molar-refractivity contribution in [1.29, 1.82) is 0 Å². The summed E-state index contributed by atoms with van der Waals surface area (Å²) in [5.74, 6) is 0. The van der Waals surface area contributed by atoms with Gasteiger partial charge in [0.15, 0.2) is 0 Å². The summed E-state index contributed by atoms with van der Waals surface area (Å²) in [5, 5.41) is 3.46. The van der Waals surface area contributed by atoms with Gasteiger partial charge in [0.1, 0.15) is 5.01 Å². The largest absolute Gasteiger partial charge is 0.277 e. The maximum atomic E-state index is 12.0. The second kappa shape index (κ2) is 7.93. The third-order valence-corrected chi connectivity index (χ3v) is 6.49. The van der Waals surface area contributed by atoms with Crippen molar-refractivity contribution in [1.82, 2.24) is 14.4 Å². The van der Waals surface area contributed by atoms with E-state index >= 15 is 0 Å². The van der Waals surface area contributed by atoms with Crippen molar-refractivity contribution < 1.29 is 8.42 Å². The fraction of sp³-hybridized carbons (Fsp3) is 0.438. The van der Waals surface area contributed by atoms with Crippen LogP contribution in [0.4, 0.5) is 0 Å². The van der Waals surface area contributed by atoms with Gasteiger partial charge < -0.3 is 0 Å². The molecule has 2 aromatic rings. The molecule has 0 spiro atoms. The quantitative estimate of drug-likeness (QED) is 0.767. The number of rotatable bonds is 7. The average molecular weight is 386 g/mol. The van der Waals surface area contributed by atoms with Crippen molar-refractivity contribution in [3.63, 3.8) is 0 Å². The summed E-state index contributed by atoms with van der Waals surface area (Å²) >= 11 is 7.69. The predicted octanol–water partition coefficient (Wildman–Crippen LogP) is 3.37. The lowest BCUT2D eigenvalue weighted by atomic mass is 10.2. The van der Waals surface area contributed by atoms with Crippen molar-refractivity contribution in [2.75, 3.05) is 6.54 Å². The minimum atomic E-state index is -3.43. The highest BCUT2D eigenvalue weighted by Crippen LogP contribution is 2.30. The summed E-state index contributed by atoms with van der Waals surface area (Å²) in [5.41, 5.74) is 1.76. The molecule has 0 atom stereocenters. The normalized spacial score (nSPS) is 15.9. The standard InChI is InChI=1S/C16H20ClN3O2S2/c17-15-8-4-3-7-14(15)16-19-13(11-23-16)9-10-18-24(21,22)20-12-5-1-2-6-12/h3-4,7-8,11-12,18,20H,1-2,5-6,9-10H2. The van der Waals surface area contributed by atoms with Crippen LogP contribution in [0.1, 0.15) is 31.4 Å². The number of halogens is 1. The van der Waals surface area contributed by atoms with E-state index in [1.54, 1.807) is 0 Å². The molecule has 1 aromatic carbocycles. The number of nitrogens with zero attached hydrogens (tertiary/aromatic N) is 1. The molecule has 1 aliphatic carbocycles. The zero-order chi connectivity index (χ0) is 17.0. The summed E-state index contributed by atoms with van der Waals surface area (Å²) in [6.45, 7) is 0.327. The third-order valence-electron chi connectivity index (χ3n) is 4.01. The van der Waals surface area contributed by atoms with Crippen molar-refractivity contribution in [3.8, 4) is 10.6 Å². The molecule has 1 heterocycles. The molecule has 0 unspecified atom stereocenters. The molecule has 3 rings (SSSR count). The monoisotopic (exact) mass is 385 g/mol. The van der Waals surface area contributed by atoms with Crippen LogP contribution in [0.5, 0.6) is 0 Å². The van der Waals surface area contributed by atoms with Crippen LogP contribution in [0.2, 0.25) is 5.02 Å². The second-order valence-electron chi connectivity index (χ2n) is 5.87. The molecular weight excluding hydrogens is 366 g/mol. The maximum absolute atomic E-state index is 12.0. The molecule has 1 aliphatic rings. The predicted molar refractivity (Wildman–Crippen MR) is 98.6 cm³/mol. The van der Waals surface area contributed by atoms with Gasteiger partial charge in [-0.2, -0.15) is 13.1 Å². The van der Waals surface area contributed by atoms with E-state index in [1.807, 2.05) is 29.6 Å². The average Bonchev–Trinajstić information content (AvgIpc) is 3.19. The summed E-state index contributed by atoms with van der Waals surface area (Å²) in [6, 6.07) is 7.64. The molecule has 0 amide bonds. The molecule has 0 aliphatic heterocycles. The molecule has 2 N–H and O–H groups in total. The van der Waals surface area contributed by atoms with Gasteiger partial charge in [-0.3, -0.25) is 0 Å². The van der Waals surface area contributed by atoms with Gasteiger partial charge in [0.05, 0.1) is 10.7 Å². The van der Waals surface area contributed by atoms with Gasteiger partial charge in [-0.15, -0.1) is 11.3 Å². The smallest absolute Gasteiger partial charge is 0.241 e. The molecule has 1 aromatic heterocycles. The van der Waals surface area contributed by atoms with Crippen LogP contribution in [0.15, 0.2) is 29.6 Å². The molecular formula is C16H20ClN3O2S2. The summed E-state index contributed by atoms with van der Waals surface area (Å²) in [7, 11) is -3.43. The van der Waals surface area contributed by atoms with Crippen molar-refractivity contribution in [2.24, 2.45) is 0 Å². The molecule has 24 heavy (non-hydrogen) atoms. The summed E-state index contributed by atoms with van der Waals surface area (Å²) in [4.78, 5) is 4.54. The van der Waals surface area contributed by atoms with Gasteiger partial charge in [-0.1, -0.05) is 42.6 Å². The summed E-state index contributed by atoms with van der Waals surface area (Å²) < 4.78 is 29.3. The lowest BCUT2D eigenvalue weighted by molar-refractivity contribution is 0.539. The number of thiazole rings is 1. The van der Waals surface area contributed by atoms with Crippen LogP contribution >= 0.6 is 22.9 Å². The molecule has 1 fully saturated rings. The van der Waals surface area contributed by atoms with Gasteiger partial charge in [0, 0.05) is 30.0 Å². The molecule has 130 valence electrons. The van der Waals surface area contributed by atoms with Crippen LogP contribution in [0.25, 0.3) is 10.6 Å². The van der Waals surface area contributed by atoms with E-state index in [-0.39, 0.29) is 6.04 Å². The van der Waals surface area contributed by atoms with Gasteiger partial charge in [0.25, 0.3) is 10.2 Å². The van der Waals surface area contributed by atoms with Crippen LogP contribution in [0.3, 0.4) is 0 Å². The highest BCUT2D eigenvalue weighted by atomic mass is 35.5. The molecule has 0 radical (unpaired) electrons. The highest BCUT2D eigenvalue weighted by Gasteiger charge is 2.20. The first-order valence-electron chi connectivity index (χ1n) is 8.00. The minimum absolute atomic E-state index is 0.0774. The SMILES string of the molecule is O=S(=O)(NCCc1csc(-c2ccccc2Cl)n1)NC1CCCC1. The Bertz CT molecular complexity index is 786. The van der Waals surface area contributed by atoms with Gasteiger partial charge >= 0.3 is 0 Å². The Morgan fingerprint density at radius 1 is 1.25 bits per heavy atom. The maximum Gasteiger partial charge on any atom is 0.277 e. The molecule has 5 nitrogen and oxygen atoms in total. The van der Waals surface area contributed by atoms with E-state index in [9.17, 15) is 8.42 Å². The van der Waals surface area contributed by atoms with Gasteiger partial charge in [-0.05, 0) is 18.9 Å². The van der Waals surface area contributed by atoms with E-state index < -0.39 is 10.2 Å². The molecule has 8 heteroatoms. The lowest BCUT2D eigenvalue weighted by Gasteiger charge is -2.12.